The number of rotatable bonds is 2. The Morgan fingerprint density at radius 1 is 1.64 bits per heavy atom. The van der Waals surface area contributed by atoms with E-state index in [4.69, 9.17) is 4.42 Å². The fourth-order valence-electron chi connectivity index (χ4n) is 0.563. The summed E-state index contributed by atoms with van der Waals surface area (Å²) in [5, 5.41) is 9.79. The molecule has 11 heavy (non-hydrogen) atoms. The minimum absolute atomic E-state index is 0. The Morgan fingerprint density at radius 2 is 2.36 bits per heavy atom. The first-order valence-electron chi connectivity index (χ1n) is 2.71. The van der Waals surface area contributed by atoms with Crippen molar-refractivity contribution < 1.29 is 65.7 Å². The molecule has 0 atom stereocenters. The number of carbonyl (C=O) groups is 1. The molecule has 52 valence electrons. The van der Waals surface area contributed by atoms with Gasteiger partial charge >= 0.3 is 51.4 Å². The zero-order valence-corrected chi connectivity index (χ0v) is 9.23. The van der Waals surface area contributed by atoms with Crippen molar-refractivity contribution in [3.8, 4) is 0 Å². The smallest absolute Gasteiger partial charge is 0.878 e. The average molecular weight is 176 g/mol. The van der Waals surface area contributed by atoms with Crippen LogP contribution >= 0.6 is 0 Å². The molecule has 0 unspecified atom stereocenters. The van der Waals surface area contributed by atoms with Gasteiger partial charge in [-0.1, -0.05) is 0 Å². The second-order valence-corrected chi connectivity index (χ2v) is 1.64. The molecule has 0 fully saturated rings. The zero-order chi connectivity index (χ0) is 7.40. The van der Waals surface area contributed by atoms with E-state index in [1.165, 1.54) is 12.3 Å². The van der Waals surface area contributed by atoms with E-state index in [2.05, 4.69) is 0 Å². The van der Waals surface area contributed by atoms with Gasteiger partial charge in [0.2, 0.25) is 5.78 Å². The van der Waals surface area contributed by atoms with Gasteiger partial charge < -0.3 is 9.52 Å². The van der Waals surface area contributed by atoms with Gasteiger partial charge in [-0.05, 0) is 18.2 Å². The molecule has 0 saturated carbocycles. The summed E-state index contributed by atoms with van der Waals surface area (Å²) < 4.78 is 4.71. The van der Waals surface area contributed by atoms with Crippen molar-refractivity contribution in [1.29, 1.82) is 0 Å². The van der Waals surface area contributed by atoms with Gasteiger partial charge in [0.1, 0.15) is 0 Å². The maximum atomic E-state index is 10.7. The van der Waals surface area contributed by atoms with Crippen LogP contribution in [-0.4, -0.2) is 5.78 Å². The first-order valence-corrected chi connectivity index (χ1v) is 2.71. The van der Waals surface area contributed by atoms with Crippen LogP contribution in [0.5, 0.6) is 0 Å². The minimum Gasteiger partial charge on any atom is -0.878 e. The Morgan fingerprint density at radius 3 is 2.82 bits per heavy atom. The molecule has 1 rings (SSSR count). The van der Waals surface area contributed by atoms with E-state index < -0.39 is 5.78 Å². The van der Waals surface area contributed by atoms with Gasteiger partial charge in [0.05, 0.1) is 6.26 Å². The Bertz CT molecular complexity index is 238. The number of carbonyl (C=O) groups excluding carboxylic acids is 1. The third-order valence-electron chi connectivity index (χ3n) is 0.983. The van der Waals surface area contributed by atoms with Crippen LogP contribution in [0, 0.1) is 0 Å². The molecule has 0 amide bonds. The maximum Gasteiger partial charge on any atom is 1.00 e. The van der Waals surface area contributed by atoms with Crippen molar-refractivity contribution in [1.82, 2.24) is 0 Å². The Kier molecular flexibility index (Phi) is 5.80. The van der Waals surface area contributed by atoms with Crippen molar-refractivity contribution in [3.63, 3.8) is 0 Å². The first kappa shape index (κ1) is 11.1. The van der Waals surface area contributed by atoms with Gasteiger partial charge in [0.15, 0.2) is 5.76 Å². The van der Waals surface area contributed by atoms with E-state index in [0.29, 0.717) is 6.26 Å². The molecule has 0 aromatic carbocycles. The van der Waals surface area contributed by atoms with Crippen molar-refractivity contribution in [2.45, 2.75) is 0 Å². The van der Waals surface area contributed by atoms with E-state index in [9.17, 15) is 9.90 Å². The van der Waals surface area contributed by atoms with Crippen LogP contribution in [0.25, 0.3) is 0 Å². The predicted molar refractivity (Wildman–Crippen MR) is 32.2 cm³/mol. The molecular weight excluding hydrogens is 171 g/mol. The molecule has 0 spiro atoms. The summed E-state index contributed by atoms with van der Waals surface area (Å²) in [4.78, 5) is 10.7. The van der Waals surface area contributed by atoms with Crippen molar-refractivity contribution in [3.05, 3.63) is 36.5 Å². The van der Waals surface area contributed by atoms with Crippen LogP contribution < -0.4 is 56.5 Å². The molecular formula is C7H5KO3. The Labute approximate surface area is 107 Å². The van der Waals surface area contributed by atoms with Gasteiger partial charge in [-0.3, -0.25) is 4.79 Å². The monoisotopic (exact) mass is 176 g/mol. The largest absolute Gasteiger partial charge is 1.00 e. The third kappa shape index (κ3) is 3.35. The second kappa shape index (κ2) is 5.74. The first-order chi connectivity index (χ1) is 4.84. The fraction of sp³-hybridized carbons (Fsp3) is 0. The van der Waals surface area contributed by atoms with Crippen LogP contribution in [0.15, 0.2) is 35.2 Å². The normalized spacial score (nSPS) is 9.45. The molecule has 1 aromatic rings. The summed E-state index contributed by atoms with van der Waals surface area (Å²) in [6.45, 7) is 0. The zero-order valence-electron chi connectivity index (χ0n) is 6.11. The molecule has 0 saturated heterocycles. The number of furan rings is 1. The molecule has 0 N–H and O–H groups in total. The van der Waals surface area contributed by atoms with Gasteiger partial charge in [-0.15, -0.1) is 6.26 Å². The molecule has 0 radical (unpaired) electrons. The molecule has 3 nitrogen and oxygen atoms in total. The summed E-state index contributed by atoms with van der Waals surface area (Å²) >= 11 is 0. The predicted octanol–water partition coefficient (Wildman–Crippen LogP) is -2.66. The van der Waals surface area contributed by atoms with E-state index in [0.717, 1.165) is 6.08 Å². The minimum atomic E-state index is -0.403. The average Bonchev–Trinajstić information content (AvgIpc) is 2.38. The molecule has 0 aliphatic heterocycles. The molecule has 0 bridgehead atoms. The summed E-state index contributed by atoms with van der Waals surface area (Å²) in [7, 11) is 0. The number of hydrogen-bond donors (Lipinski definition) is 0. The summed E-state index contributed by atoms with van der Waals surface area (Å²) in [5.74, 6) is -0.216. The molecule has 4 heteroatoms. The topological polar surface area (TPSA) is 53.3 Å². The third-order valence-corrected chi connectivity index (χ3v) is 0.983. The fourth-order valence-corrected chi connectivity index (χ4v) is 0.563. The summed E-state index contributed by atoms with van der Waals surface area (Å²) in [5.41, 5.74) is 0. The van der Waals surface area contributed by atoms with E-state index in [-0.39, 0.29) is 57.1 Å². The van der Waals surface area contributed by atoms with Gasteiger partial charge in [-0.25, -0.2) is 0 Å². The van der Waals surface area contributed by atoms with E-state index in [1.54, 1.807) is 6.07 Å². The van der Waals surface area contributed by atoms with E-state index >= 15 is 0 Å². The van der Waals surface area contributed by atoms with Crippen LogP contribution in [0.4, 0.5) is 0 Å². The van der Waals surface area contributed by atoms with Crippen LogP contribution in [0.1, 0.15) is 10.6 Å². The standard InChI is InChI=1S/C7H6O3.K/c8-4-3-6(9)7-2-1-5-10-7;/h1-5,8H;/q;+1/p-1/b4-3+;. The van der Waals surface area contributed by atoms with Crippen molar-refractivity contribution in [2.75, 3.05) is 0 Å². The Balaban J connectivity index is 0.000001000. The second-order valence-electron chi connectivity index (χ2n) is 1.64. The molecule has 0 aliphatic rings. The maximum absolute atomic E-state index is 10.7. The molecule has 0 aliphatic carbocycles. The number of hydrogen-bond acceptors (Lipinski definition) is 3. The van der Waals surface area contributed by atoms with E-state index in [1.807, 2.05) is 0 Å². The molecule has 1 aromatic heterocycles. The SMILES string of the molecule is O=C(/C=C/[O-])c1ccco1.[K+]. The van der Waals surface area contributed by atoms with Crippen LogP contribution in [0.2, 0.25) is 0 Å². The van der Waals surface area contributed by atoms with Crippen LogP contribution in [-0.2, 0) is 0 Å². The van der Waals surface area contributed by atoms with Gasteiger partial charge in [-0.2, -0.15) is 0 Å². The number of ketones is 1. The van der Waals surface area contributed by atoms with Gasteiger partial charge in [0, 0.05) is 0 Å². The van der Waals surface area contributed by atoms with Crippen LogP contribution in [0.3, 0.4) is 0 Å². The number of allylic oxidation sites excluding steroid dienone is 1. The Hall–Kier alpha value is 0.126. The molecule has 1 heterocycles. The summed E-state index contributed by atoms with van der Waals surface area (Å²) in [6.07, 6.45) is 2.73. The quantitative estimate of drug-likeness (QED) is 0.214. The summed E-state index contributed by atoms with van der Waals surface area (Å²) in [6, 6.07) is 3.09. The van der Waals surface area contributed by atoms with Crippen molar-refractivity contribution in [2.24, 2.45) is 0 Å². The van der Waals surface area contributed by atoms with Gasteiger partial charge in [0.25, 0.3) is 0 Å². The van der Waals surface area contributed by atoms with Crippen molar-refractivity contribution >= 4 is 5.78 Å².